The highest BCUT2D eigenvalue weighted by atomic mass is 16.5. The molecular weight excluding hydrogens is 238 g/mol. The fourth-order valence-corrected chi connectivity index (χ4v) is 2.70. The summed E-state index contributed by atoms with van der Waals surface area (Å²) in [5.41, 5.74) is 1.42. The Morgan fingerprint density at radius 1 is 1.26 bits per heavy atom. The van der Waals surface area contributed by atoms with Crippen molar-refractivity contribution in [1.82, 2.24) is 4.90 Å². The summed E-state index contributed by atoms with van der Waals surface area (Å²) in [4.78, 5) is 13.6. The molecule has 0 spiro atoms. The van der Waals surface area contributed by atoms with E-state index in [4.69, 9.17) is 4.74 Å². The Kier molecular flexibility index (Phi) is 5.40. The van der Waals surface area contributed by atoms with Crippen LogP contribution in [0.3, 0.4) is 0 Å². The van der Waals surface area contributed by atoms with Gasteiger partial charge in [-0.25, -0.2) is 0 Å². The Morgan fingerprint density at radius 2 is 1.95 bits per heavy atom. The van der Waals surface area contributed by atoms with Crippen LogP contribution in [-0.4, -0.2) is 37.6 Å². The third-order valence-electron chi connectivity index (χ3n) is 3.92. The average Bonchev–Trinajstić information content (AvgIpc) is 2.47. The van der Waals surface area contributed by atoms with Crippen LogP contribution in [0.25, 0.3) is 0 Å². The molecule has 1 aliphatic heterocycles. The molecule has 1 aromatic carbocycles. The standard InChI is InChI=1S/C16H23NO2/c1-19-13-16(18)17-11-9-15(10-12-17)8-7-14-5-3-2-4-6-14/h2-6,15H,7-13H2,1H3. The van der Waals surface area contributed by atoms with Gasteiger partial charge in [0.2, 0.25) is 5.91 Å². The number of rotatable bonds is 5. The summed E-state index contributed by atoms with van der Waals surface area (Å²) in [5.74, 6) is 0.885. The van der Waals surface area contributed by atoms with Crippen molar-refractivity contribution < 1.29 is 9.53 Å². The van der Waals surface area contributed by atoms with Gasteiger partial charge >= 0.3 is 0 Å². The summed E-state index contributed by atoms with van der Waals surface area (Å²) >= 11 is 0. The number of aryl methyl sites for hydroxylation is 1. The predicted molar refractivity (Wildman–Crippen MR) is 75.9 cm³/mol. The number of carbonyl (C=O) groups excluding carboxylic acids is 1. The maximum atomic E-state index is 11.7. The van der Waals surface area contributed by atoms with Gasteiger partial charge in [0.25, 0.3) is 0 Å². The lowest BCUT2D eigenvalue weighted by Crippen LogP contribution is -2.40. The minimum atomic E-state index is 0.129. The molecule has 3 nitrogen and oxygen atoms in total. The molecule has 1 saturated heterocycles. The average molecular weight is 261 g/mol. The first-order valence-electron chi connectivity index (χ1n) is 7.10. The van der Waals surface area contributed by atoms with Crippen LogP contribution in [0.1, 0.15) is 24.8 Å². The molecule has 0 N–H and O–H groups in total. The second kappa shape index (κ2) is 7.29. The monoisotopic (exact) mass is 261 g/mol. The minimum Gasteiger partial charge on any atom is -0.375 e. The van der Waals surface area contributed by atoms with E-state index in [-0.39, 0.29) is 12.5 Å². The number of likely N-dealkylation sites (tertiary alicyclic amines) is 1. The van der Waals surface area contributed by atoms with Crippen LogP contribution in [0.4, 0.5) is 0 Å². The van der Waals surface area contributed by atoms with E-state index < -0.39 is 0 Å². The van der Waals surface area contributed by atoms with Crippen LogP contribution < -0.4 is 0 Å². The van der Waals surface area contributed by atoms with Crippen LogP contribution in [0.2, 0.25) is 0 Å². The van der Waals surface area contributed by atoms with E-state index in [1.165, 1.54) is 12.0 Å². The Balaban J connectivity index is 1.70. The highest BCUT2D eigenvalue weighted by Gasteiger charge is 2.22. The lowest BCUT2D eigenvalue weighted by molar-refractivity contribution is -0.136. The smallest absolute Gasteiger partial charge is 0.248 e. The highest BCUT2D eigenvalue weighted by Crippen LogP contribution is 2.22. The lowest BCUT2D eigenvalue weighted by Gasteiger charge is -2.32. The van der Waals surface area contributed by atoms with Crippen molar-refractivity contribution in [2.45, 2.75) is 25.7 Å². The Morgan fingerprint density at radius 3 is 2.58 bits per heavy atom. The van der Waals surface area contributed by atoms with E-state index >= 15 is 0 Å². The third kappa shape index (κ3) is 4.35. The van der Waals surface area contributed by atoms with Crippen LogP contribution in [-0.2, 0) is 16.0 Å². The van der Waals surface area contributed by atoms with Gasteiger partial charge in [-0.05, 0) is 37.2 Å². The van der Waals surface area contributed by atoms with Crippen molar-refractivity contribution in [3.63, 3.8) is 0 Å². The molecule has 0 bridgehead atoms. The zero-order valence-electron chi connectivity index (χ0n) is 11.7. The molecule has 19 heavy (non-hydrogen) atoms. The van der Waals surface area contributed by atoms with Crippen LogP contribution in [0, 0.1) is 5.92 Å². The van der Waals surface area contributed by atoms with Gasteiger partial charge in [-0.1, -0.05) is 30.3 Å². The molecule has 1 heterocycles. The minimum absolute atomic E-state index is 0.129. The van der Waals surface area contributed by atoms with E-state index in [0.717, 1.165) is 38.3 Å². The Hall–Kier alpha value is -1.35. The Labute approximate surface area is 115 Å². The third-order valence-corrected chi connectivity index (χ3v) is 3.92. The van der Waals surface area contributed by atoms with Gasteiger partial charge in [0.15, 0.2) is 0 Å². The molecule has 1 amide bonds. The summed E-state index contributed by atoms with van der Waals surface area (Å²) in [6.45, 7) is 2.00. The van der Waals surface area contributed by atoms with E-state index in [9.17, 15) is 4.79 Å². The second-order valence-electron chi connectivity index (χ2n) is 5.28. The lowest BCUT2D eigenvalue weighted by atomic mass is 9.90. The second-order valence-corrected chi connectivity index (χ2v) is 5.28. The molecule has 0 unspecified atom stereocenters. The van der Waals surface area contributed by atoms with E-state index in [2.05, 4.69) is 30.3 Å². The zero-order chi connectivity index (χ0) is 13.5. The number of piperidine rings is 1. The van der Waals surface area contributed by atoms with Gasteiger partial charge in [0, 0.05) is 20.2 Å². The van der Waals surface area contributed by atoms with Crippen molar-refractivity contribution in [3.8, 4) is 0 Å². The van der Waals surface area contributed by atoms with Crippen molar-refractivity contribution >= 4 is 5.91 Å². The highest BCUT2D eigenvalue weighted by molar-refractivity contribution is 5.77. The summed E-state index contributed by atoms with van der Waals surface area (Å²) in [6, 6.07) is 10.6. The number of benzene rings is 1. The maximum absolute atomic E-state index is 11.7. The molecule has 104 valence electrons. The molecule has 0 aromatic heterocycles. The molecule has 1 fully saturated rings. The number of ether oxygens (including phenoxy) is 1. The molecule has 0 atom stereocenters. The molecule has 0 aliphatic carbocycles. The van der Waals surface area contributed by atoms with Crippen LogP contribution in [0.5, 0.6) is 0 Å². The van der Waals surface area contributed by atoms with Crippen molar-refractivity contribution in [2.24, 2.45) is 5.92 Å². The van der Waals surface area contributed by atoms with Crippen molar-refractivity contribution in [2.75, 3.05) is 26.8 Å². The van der Waals surface area contributed by atoms with Gasteiger partial charge in [0.05, 0.1) is 0 Å². The fourth-order valence-electron chi connectivity index (χ4n) is 2.70. The van der Waals surface area contributed by atoms with Gasteiger partial charge < -0.3 is 9.64 Å². The quantitative estimate of drug-likeness (QED) is 0.815. The first kappa shape index (κ1) is 14.1. The summed E-state index contributed by atoms with van der Waals surface area (Å²) in [5, 5.41) is 0. The zero-order valence-corrected chi connectivity index (χ0v) is 11.7. The van der Waals surface area contributed by atoms with Crippen molar-refractivity contribution in [3.05, 3.63) is 35.9 Å². The maximum Gasteiger partial charge on any atom is 0.248 e. The predicted octanol–water partition coefficient (Wildman–Crippen LogP) is 2.50. The molecule has 1 aliphatic rings. The fraction of sp³-hybridized carbons (Fsp3) is 0.562. The van der Waals surface area contributed by atoms with Gasteiger partial charge in [-0.2, -0.15) is 0 Å². The Bertz CT molecular complexity index is 383. The first-order chi connectivity index (χ1) is 9.29. The van der Waals surface area contributed by atoms with Gasteiger partial charge in [0.1, 0.15) is 6.61 Å². The molecule has 1 aromatic rings. The first-order valence-corrected chi connectivity index (χ1v) is 7.10. The molecule has 0 saturated carbocycles. The van der Waals surface area contributed by atoms with E-state index in [0.29, 0.717) is 0 Å². The molecule has 2 rings (SSSR count). The molecule has 3 heteroatoms. The topological polar surface area (TPSA) is 29.5 Å². The largest absolute Gasteiger partial charge is 0.375 e. The van der Waals surface area contributed by atoms with Crippen molar-refractivity contribution in [1.29, 1.82) is 0 Å². The van der Waals surface area contributed by atoms with Crippen LogP contribution in [0.15, 0.2) is 30.3 Å². The number of nitrogens with zero attached hydrogens (tertiary/aromatic N) is 1. The molecular formula is C16H23NO2. The summed E-state index contributed by atoms with van der Waals surface area (Å²) < 4.78 is 4.90. The summed E-state index contributed by atoms with van der Waals surface area (Å²) in [7, 11) is 1.57. The number of hydrogen-bond acceptors (Lipinski definition) is 2. The number of methoxy groups -OCH3 is 1. The number of hydrogen-bond donors (Lipinski definition) is 0. The summed E-state index contributed by atoms with van der Waals surface area (Å²) in [6.07, 6.45) is 4.64. The number of amides is 1. The van der Waals surface area contributed by atoms with Crippen LogP contribution >= 0.6 is 0 Å². The number of carbonyl (C=O) groups is 1. The van der Waals surface area contributed by atoms with Gasteiger partial charge in [-0.3, -0.25) is 4.79 Å². The SMILES string of the molecule is COCC(=O)N1CCC(CCc2ccccc2)CC1. The molecule has 0 radical (unpaired) electrons. The van der Waals surface area contributed by atoms with Gasteiger partial charge in [-0.15, -0.1) is 0 Å². The van der Waals surface area contributed by atoms with E-state index in [1.54, 1.807) is 7.11 Å². The normalized spacial score (nSPS) is 16.6. The van der Waals surface area contributed by atoms with E-state index in [1.807, 2.05) is 4.90 Å².